The second-order valence-corrected chi connectivity index (χ2v) is 4.83. The first-order chi connectivity index (χ1) is 8.31. The zero-order valence-electron chi connectivity index (χ0n) is 10.6. The van der Waals surface area contributed by atoms with Gasteiger partial charge in [-0.3, -0.25) is 4.90 Å². The lowest BCUT2D eigenvalue weighted by atomic mass is 10.1. The Labute approximate surface area is 104 Å². The highest BCUT2D eigenvalue weighted by atomic mass is 15.2. The van der Waals surface area contributed by atoms with Gasteiger partial charge < -0.3 is 11.1 Å². The number of nitrogens with two attached hydrogens (primary N) is 1. The van der Waals surface area contributed by atoms with Crippen LogP contribution in [0.4, 0.5) is 0 Å². The second kappa shape index (κ2) is 6.15. The lowest BCUT2D eigenvalue weighted by molar-refractivity contribution is 0.242. The number of rotatable bonds is 5. The average molecular weight is 233 g/mol. The lowest BCUT2D eigenvalue weighted by Gasteiger charge is -2.25. The summed E-state index contributed by atoms with van der Waals surface area (Å²) in [4.78, 5) is 2.55. The van der Waals surface area contributed by atoms with Crippen molar-refractivity contribution < 1.29 is 0 Å². The number of hydrogen-bond acceptors (Lipinski definition) is 3. The maximum absolute atomic E-state index is 5.53. The fraction of sp³-hybridized carbons (Fsp3) is 0.571. The second-order valence-electron chi connectivity index (χ2n) is 4.83. The molecule has 2 rings (SSSR count). The fourth-order valence-corrected chi connectivity index (χ4v) is 2.59. The molecule has 0 amide bonds. The van der Waals surface area contributed by atoms with E-state index in [-0.39, 0.29) is 0 Å². The molecule has 17 heavy (non-hydrogen) atoms. The molecule has 0 aliphatic carbocycles. The summed E-state index contributed by atoms with van der Waals surface area (Å²) >= 11 is 0. The summed E-state index contributed by atoms with van der Waals surface area (Å²) in [6.45, 7) is 6.20. The monoisotopic (exact) mass is 233 g/mol. The van der Waals surface area contributed by atoms with Gasteiger partial charge in [0.2, 0.25) is 0 Å². The molecule has 0 spiro atoms. The minimum atomic E-state index is 0.599. The van der Waals surface area contributed by atoms with E-state index in [9.17, 15) is 0 Å². The van der Waals surface area contributed by atoms with Crippen molar-refractivity contribution in [1.29, 1.82) is 0 Å². The summed E-state index contributed by atoms with van der Waals surface area (Å²) in [5.41, 5.74) is 6.94. The third-order valence-electron chi connectivity index (χ3n) is 3.66. The highest BCUT2D eigenvalue weighted by Gasteiger charge is 2.29. The molecule has 1 aliphatic rings. The van der Waals surface area contributed by atoms with Crippen LogP contribution in [-0.2, 0) is 6.54 Å². The zero-order valence-corrected chi connectivity index (χ0v) is 10.6. The maximum Gasteiger partial charge on any atom is 0.0237 e. The smallest absolute Gasteiger partial charge is 0.0237 e. The van der Waals surface area contributed by atoms with Crippen molar-refractivity contribution in [2.24, 2.45) is 5.73 Å². The van der Waals surface area contributed by atoms with Crippen LogP contribution >= 0.6 is 0 Å². The first-order valence-corrected chi connectivity index (χ1v) is 6.52. The molecule has 1 fully saturated rings. The predicted octanol–water partition coefficient (Wildman–Crippen LogP) is 1.20. The molecule has 3 nitrogen and oxygen atoms in total. The molecule has 94 valence electrons. The quantitative estimate of drug-likeness (QED) is 0.803. The van der Waals surface area contributed by atoms with Crippen molar-refractivity contribution in [3.8, 4) is 0 Å². The predicted molar refractivity (Wildman–Crippen MR) is 71.8 cm³/mol. The number of nitrogens with zero attached hydrogens (tertiary/aromatic N) is 1. The molecule has 2 atom stereocenters. The van der Waals surface area contributed by atoms with E-state index in [1.807, 2.05) is 0 Å². The van der Waals surface area contributed by atoms with Gasteiger partial charge in [0, 0.05) is 38.3 Å². The molecule has 0 saturated carbocycles. The molecular formula is C14H23N3. The molecule has 1 aliphatic heterocycles. The molecule has 2 unspecified atom stereocenters. The third-order valence-corrected chi connectivity index (χ3v) is 3.66. The van der Waals surface area contributed by atoms with Crippen LogP contribution < -0.4 is 11.1 Å². The summed E-state index contributed by atoms with van der Waals surface area (Å²) in [5, 5.41) is 3.53. The van der Waals surface area contributed by atoms with Crippen LogP contribution in [0.2, 0.25) is 0 Å². The molecule has 0 radical (unpaired) electrons. The summed E-state index contributed by atoms with van der Waals surface area (Å²) in [7, 11) is 0. The molecule has 3 N–H and O–H groups in total. The van der Waals surface area contributed by atoms with Gasteiger partial charge in [-0.05, 0) is 18.9 Å². The highest BCUT2D eigenvalue weighted by Crippen LogP contribution is 2.20. The number of nitrogens with one attached hydrogen (secondary N) is 1. The van der Waals surface area contributed by atoms with E-state index in [1.54, 1.807) is 0 Å². The van der Waals surface area contributed by atoms with Crippen LogP contribution in [0.1, 0.15) is 18.9 Å². The van der Waals surface area contributed by atoms with E-state index >= 15 is 0 Å². The Morgan fingerprint density at radius 3 is 2.82 bits per heavy atom. The summed E-state index contributed by atoms with van der Waals surface area (Å²) < 4.78 is 0. The van der Waals surface area contributed by atoms with Gasteiger partial charge in [-0.1, -0.05) is 30.3 Å². The minimum Gasteiger partial charge on any atom is -0.329 e. The van der Waals surface area contributed by atoms with Gasteiger partial charge in [0.05, 0.1) is 0 Å². The Bertz CT molecular complexity index is 325. The lowest BCUT2D eigenvalue weighted by Crippen LogP contribution is -2.42. The molecule has 1 saturated heterocycles. The van der Waals surface area contributed by atoms with Crippen molar-refractivity contribution in [2.75, 3.05) is 19.6 Å². The van der Waals surface area contributed by atoms with E-state index in [4.69, 9.17) is 5.73 Å². The maximum atomic E-state index is 5.53. The number of hydrogen-bond donors (Lipinski definition) is 2. The van der Waals surface area contributed by atoms with Crippen molar-refractivity contribution in [2.45, 2.75) is 32.0 Å². The van der Waals surface area contributed by atoms with Gasteiger partial charge in [-0.2, -0.15) is 0 Å². The van der Waals surface area contributed by atoms with Crippen LogP contribution in [0, 0.1) is 0 Å². The first kappa shape index (κ1) is 12.6. The largest absolute Gasteiger partial charge is 0.329 e. The normalized spacial score (nSPS) is 25.3. The highest BCUT2D eigenvalue weighted by molar-refractivity contribution is 5.15. The number of benzene rings is 1. The molecule has 0 bridgehead atoms. The SMILES string of the molecule is CC1C(NCCN)CCN1Cc1ccccc1. The standard InChI is InChI=1S/C14H23N3/c1-12-14(16-9-8-15)7-10-17(12)11-13-5-3-2-4-6-13/h2-6,12,14,16H,7-11,15H2,1H3. The van der Waals surface area contributed by atoms with E-state index in [2.05, 4.69) is 47.5 Å². The van der Waals surface area contributed by atoms with E-state index in [0.717, 1.165) is 19.6 Å². The van der Waals surface area contributed by atoms with Crippen LogP contribution in [0.25, 0.3) is 0 Å². The molecule has 3 heteroatoms. The van der Waals surface area contributed by atoms with E-state index in [0.29, 0.717) is 12.1 Å². The minimum absolute atomic E-state index is 0.599. The molecule has 0 aromatic heterocycles. The molecule has 1 aromatic rings. The Morgan fingerprint density at radius 1 is 1.35 bits per heavy atom. The Morgan fingerprint density at radius 2 is 2.12 bits per heavy atom. The summed E-state index contributed by atoms with van der Waals surface area (Å²) in [5.74, 6) is 0. The average Bonchev–Trinajstić information content (AvgIpc) is 2.70. The van der Waals surface area contributed by atoms with Gasteiger partial charge in [0.15, 0.2) is 0 Å². The van der Waals surface area contributed by atoms with Crippen molar-refractivity contribution in [1.82, 2.24) is 10.2 Å². The number of likely N-dealkylation sites (tertiary alicyclic amines) is 1. The van der Waals surface area contributed by atoms with Crippen molar-refractivity contribution in [3.63, 3.8) is 0 Å². The Hall–Kier alpha value is -0.900. The molecule has 1 heterocycles. The van der Waals surface area contributed by atoms with Crippen LogP contribution in [-0.4, -0.2) is 36.6 Å². The molecule has 1 aromatic carbocycles. The van der Waals surface area contributed by atoms with E-state index in [1.165, 1.54) is 18.5 Å². The fourth-order valence-electron chi connectivity index (χ4n) is 2.59. The van der Waals surface area contributed by atoms with Gasteiger partial charge in [-0.25, -0.2) is 0 Å². The van der Waals surface area contributed by atoms with Gasteiger partial charge in [-0.15, -0.1) is 0 Å². The topological polar surface area (TPSA) is 41.3 Å². The van der Waals surface area contributed by atoms with Crippen LogP contribution in [0.5, 0.6) is 0 Å². The molecular weight excluding hydrogens is 210 g/mol. The van der Waals surface area contributed by atoms with Crippen LogP contribution in [0.3, 0.4) is 0 Å². The zero-order chi connectivity index (χ0) is 12.1. The van der Waals surface area contributed by atoms with Crippen molar-refractivity contribution in [3.05, 3.63) is 35.9 Å². The van der Waals surface area contributed by atoms with Gasteiger partial charge >= 0.3 is 0 Å². The Balaban J connectivity index is 1.87. The summed E-state index contributed by atoms with van der Waals surface area (Å²) in [6, 6.07) is 11.9. The van der Waals surface area contributed by atoms with Crippen LogP contribution in [0.15, 0.2) is 30.3 Å². The first-order valence-electron chi connectivity index (χ1n) is 6.52. The Kier molecular flexibility index (Phi) is 4.54. The van der Waals surface area contributed by atoms with Gasteiger partial charge in [0.25, 0.3) is 0 Å². The summed E-state index contributed by atoms with van der Waals surface area (Å²) in [6.07, 6.45) is 1.23. The van der Waals surface area contributed by atoms with Gasteiger partial charge in [0.1, 0.15) is 0 Å². The van der Waals surface area contributed by atoms with E-state index < -0.39 is 0 Å². The third kappa shape index (κ3) is 3.28. The van der Waals surface area contributed by atoms with Crippen molar-refractivity contribution >= 4 is 0 Å².